The number of thioether (sulfide) groups is 1. The van der Waals surface area contributed by atoms with E-state index in [1.54, 1.807) is 29.1 Å². The molecule has 7 nitrogen and oxygen atoms in total. The van der Waals surface area contributed by atoms with Crippen LogP contribution in [0.15, 0.2) is 58.8 Å². The third-order valence-electron chi connectivity index (χ3n) is 5.05. The van der Waals surface area contributed by atoms with Crippen LogP contribution in [0.1, 0.15) is 19.3 Å². The molecule has 4 rings (SSSR count). The summed E-state index contributed by atoms with van der Waals surface area (Å²) < 4.78 is 50.5. The second kappa shape index (κ2) is 10.1. The quantitative estimate of drug-likeness (QED) is 0.188. The lowest BCUT2D eigenvalue weighted by molar-refractivity contribution is -0.0328. The molecule has 1 unspecified atom stereocenters. The number of halogens is 3. The standard InChI is InChI=1S/C21H20F3N5O2S2/c1-30-18-5-4-15(32-21(22,23)24)11-16(18)17-12-20-26-8-6-19(29(20)28-17)27-14-3-2-13(10-14)7-9-31-33-25/h4-9,11-13H,2-3,10,25H2,1H3/b9-7?,27-14-. The van der Waals surface area contributed by atoms with Crippen LogP contribution in [0, 0.1) is 5.92 Å². The summed E-state index contributed by atoms with van der Waals surface area (Å²) in [5.41, 5.74) is -1.94. The Morgan fingerprint density at radius 2 is 2.12 bits per heavy atom. The van der Waals surface area contributed by atoms with E-state index in [-0.39, 0.29) is 16.7 Å². The molecule has 1 aromatic carbocycles. The molecule has 2 heterocycles. The van der Waals surface area contributed by atoms with E-state index in [9.17, 15) is 13.2 Å². The first-order chi connectivity index (χ1) is 15.9. The van der Waals surface area contributed by atoms with Gasteiger partial charge in [-0.3, -0.25) is 0 Å². The molecule has 0 radical (unpaired) electrons. The number of methoxy groups -OCH3 is 1. The molecule has 3 aromatic rings. The molecule has 174 valence electrons. The van der Waals surface area contributed by atoms with Crippen LogP contribution >= 0.6 is 24.0 Å². The van der Waals surface area contributed by atoms with Gasteiger partial charge in [-0.2, -0.15) is 22.8 Å². The zero-order valence-electron chi connectivity index (χ0n) is 17.5. The van der Waals surface area contributed by atoms with Gasteiger partial charge in [0.1, 0.15) is 18.0 Å². The SMILES string of the molecule is COc1ccc(SC(F)(F)F)cc1-c1cc2nccc(/N=C3/CCC(C=COSN)C3)n2n1. The van der Waals surface area contributed by atoms with E-state index in [1.165, 1.54) is 25.3 Å². The molecule has 1 atom stereocenters. The van der Waals surface area contributed by atoms with Crippen LogP contribution in [-0.2, 0) is 4.18 Å². The normalized spacial score (nSPS) is 18.0. The highest BCUT2D eigenvalue weighted by molar-refractivity contribution is 8.00. The lowest BCUT2D eigenvalue weighted by Crippen LogP contribution is -1.99. The number of alkyl halides is 3. The van der Waals surface area contributed by atoms with Gasteiger partial charge in [0.15, 0.2) is 11.5 Å². The van der Waals surface area contributed by atoms with Crippen LogP contribution in [0.25, 0.3) is 16.9 Å². The second-order valence-corrected chi connectivity index (χ2v) is 8.74. The maximum absolute atomic E-state index is 12.9. The zero-order valence-corrected chi connectivity index (χ0v) is 19.1. The summed E-state index contributed by atoms with van der Waals surface area (Å²) in [6, 6.07) is 7.74. The molecule has 0 bridgehead atoms. The van der Waals surface area contributed by atoms with Crippen LogP contribution in [0.4, 0.5) is 19.0 Å². The van der Waals surface area contributed by atoms with Crippen molar-refractivity contribution in [2.75, 3.05) is 7.11 Å². The van der Waals surface area contributed by atoms with Crippen LogP contribution in [0.3, 0.4) is 0 Å². The van der Waals surface area contributed by atoms with E-state index in [4.69, 9.17) is 19.1 Å². The average molecular weight is 496 g/mol. The number of nitrogens with zero attached hydrogens (tertiary/aromatic N) is 4. The smallest absolute Gasteiger partial charge is 0.446 e. The Kier molecular flexibility index (Phi) is 7.15. The number of aromatic nitrogens is 3. The Bertz CT molecular complexity index is 1200. The minimum absolute atomic E-state index is 0.0471. The Morgan fingerprint density at radius 1 is 1.27 bits per heavy atom. The molecule has 0 amide bonds. The van der Waals surface area contributed by atoms with E-state index in [0.717, 1.165) is 37.2 Å². The van der Waals surface area contributed by atoms with Crippen LogP contribution in [0.2, 0.25) is 0 Å². The first-order valence-electron chi connectivity index (χ1n) is 9.90. The number of allylic oxidation sites excluding steroid dienone is 1. The summed E-state index contributed by atoms with van der Waals surface area (Å²) in [6.07, 6.45) is 7.76. The van der Waals surface area contributed by atoms with E-state index in [2.05, 4.69) is 10.1 Å². The number of nitrogens with two attached hydrogens (primary N) is 1. The van der Waals surface area contributed by atoms with Crippen molar-refractivity contribution < 1.29 is 22.1 Å². The molecule has 12 heteroatoms. The summed E-state index contributed by atoms with van der Waals surface area (Å²) in [5.74, 6) is 1.33. The average Bonchev–Trinajstić information content (AvgIpc) is 3.40. The number of hydrogen-bond acceptors (Lipinski definition) is 8. The Labute approximate surface area is 196 Å². The zero-order chi connectivity index (χ0) is 23.4. The van der Waals surface area contributed by atoms with Crippen molar-refractivity contribution in [3.05, 3.63) is 48.9 Å². The highest BCUT2D eigenvalue weighted by Crippen LogP contribution is 2.41. The number of fused-ring (bicyclic) bond motifs is 1. The third kappa shape index (κ3) is 5.81. The fraction of sp³-hybridized carbons (Fsp3) is 0.286. The van der Waals surface area contributed by atoms with Gasteiger partial charge in [0.05, 0.1) is 19.1 Å². The van der Waals surface area contributed by atoms with Crippen molar-refractivity contribution in [3.63, 3.8) is 0 Å². The number of hydrogen-bond donors (Lipinski definition) is 1. The monoisotopic (exact) mass is 495 g/mol. The van der Waals surface area contributed by atoms with Crippen molar-refractivity contribution in [1.29, 1.82) is 0 Å². The van der Waals surface area contributed by atoms with Gasteiger partial charge < -0.3 is 8.92 Å². The van der Waals surface area contributed by atoms with Crippen molar-refractivity contribution >= 4 is 41.2 Å². The fourth-order valence-electron chi connectivity index (χ4n) is 3.65. The van der Waals surface area contributed by atoms with Gasteiger partial charge in [0.25, 0.3) is 0 Å². The molecule has 0 spiro atoms. The van der Waals surface area contributed by atoms with Crippen molar-refractivity contribution in [1.82, 2.24) is 14.6 Å². The summed E-state index contributed by atoms with van der Waals surface area (Å²) >= 11 is 0.612. The largest absolute Gasteiger partial charge is 0.496 e. The molecular formula is C21H20F3N5O2S2. The highest BCUT2D eigenvalue weighted by Gasteiger charge is 2.30. The third-order valence-corrected chi connectivity index (χ3v) is 6.00. The molecule has 1 saturated carbocycles. The first-order valence-corrected chi connectivity index (χ1v) is 11.5. The van der Waals surface area contributed by atoms with Crippen molar-refractivity contribution in [3.8, 4) is 17.0 Å². The van der Waals surface area contributed by atoms with Crippen molar-refractivity contribution in [2.24, 2.45) is 16.0 Å². The van der Waals surface area contributed by atoms with Crippen LogP contribution in [0.5, 0.6) is 5.75 Å². The first kappa shape index (κ1) is 23.5. The summed E-state index contributed by atoms with van der Waals surface area (Å²) in [5, 5.41) is 9.81. The molecule has 2 N–H and O–H groups in total. The van der Waals surface area contributed by atoms with Gasteiger partial charge in [-0.1, -0.05) is 0 Å². The molecular weight excluding hydrogens is 475 g/mol. The van der Waals surface area contributed by atoms with E-state index < -0.39 is 5.51 Å². The molecule has 1 aliphatic rings. The predicted octanol–water partition coefficient (Wildman–Crippen LogP) is 5.94. The summed E-state index contributed by atoms with van der Waals surface area (Å²) in [4.78, 5) is 9.14. The van der Waals surface area contributed by atoms with Gasteiger partial charge in [-0.25, -0.2) is 15.1 Å². The number of ether oxygens (including phenoxy) is 1. The maximum atomic E-state index is 12.9. The Balaban J connectivity index is 1.65. The van der Waals surface area contributed by atoms with E-state index in [1.807, 2.05) is 6.08 Å². The molecule has 0 aliphatic heterocycles. The Morgan fingerprint density at radius 3 is 2.88 bits per heavy atom. The van der Waals surface area contributed by atoms with E-state index in [0.29, 0.717) is 34.4 Å². The molecule has 1 fully saturated rings. The van der Waals surface area contributed by atoms with Crippen molar-refractivity contribution in [2.45, 2.75) is 29.7 Å². The fourth-order valence-corrected chi connectivity index (χ4v) is 4.35. The minimum Gasteiger partial charge on any atom is -0.496 e. The van der Waals surface area contributed by atoms with Crippen LogP contribution in [-0.4, -0.2) is 32.9 Å². The van der Waals surface area contributed by atoms with Crippen LogP contribution < -0.4 is 9.88 Å². The van der Waals surface area contributed by atoms with Gasteiger partial charge in [-0.15, -0.1) is 0 Å². The lowest BCUT2D eigenvalue weighted by Gasteiger charge is -2.10. The predicted molar refractivity (Wildman–Crippen MR) is 123 cm³/mol. The number of aliphatic imine (C=N–C) groups is 1. The number of rotatable bonds is 7. The van der Waals surface area contributed by atoms with E-state index >= 15 is 0 Å². The summed E-state index contributed by atoms with van der Waals surface area (Å²) in [6.45, 7) is 0. The summed E-state index contributed by atoms with van der Waals surface area (Å²) in [7, 11) is 1.46. The molecule has 1 aliphatic carbocycles. The minimum atomic E-state index is -4.39. The lowest BCUT2D eigenvalue weighted by atomic mass is 10.1. The highest BCUT2D eigenvalue weighted by atomic mass is 32.2. The van der Waals surface area contributed by atoms with Gasteiger partial charge in [0, 0.05) is 34.5 Å². The molecule has 0 saturated heterocycles. The van der Waals surface area contributed by atoms with Gasteiger partial charge in [0.2, 0.25) is 0 Å². The second-order valence-electron chi connectivity index (χ2n) is 7.21. The van der Waals surface area contributed by atoms with Gasteiger partial charge in [-0.05, 0) is 61.2 Å². The topological polar surface area (TPSA) is 87.0 Å². The maximum Gasteiger partial charge on any atom is 0.446 e. The Hall–Kier alpha value is -2.70. The number of benzene rings is 1. The molecule has 2 aromatic heterocycles. The van der Waals surface area contributed by atoms with Gasteiger partial charge >= 0.3 is 5.51 Å². The molecule has 33 heavy (non-hydrogen) atoms.